The molecule has 1 aromatic heterocycles. The van der Waals surface area contributed by atoms with Crippen LogP contribution in [0.5, 0.6) is 0 Å². The van der Waals surface area contributed by atoms with E-state index in [1.165, 1.54) is 38.7 Å². The van der Waals surface area contributed by atoms with Crippen molar-refractivity contribution < 1.29 is 0 Å². The molecule has 1 saturated heterocycles. The Morgan fingerprint density at radius 3 is 2.81 bits per heavy atom. The van der Waals surface area contributed by atoms with Crippen LogP contribution in [0.3, 0.4) is 0 Å². The van der Waals surface area contributed by atoms with Gasteiger partial charge in [-0.05, 0) is 25.9 Å². The van der Waals surface area contributed by atoms with Crippen molar-refractivity contribution in [2.75, 3.05) is 37.2 Å². The second-order valence-electron chi connectivity index (χ2n) is 4.16. The number of rotatable bonds is 4. The number of aromatic nitrogens is 2. The van der Waals surface area contributed by atoms with Crippen LogP contribution in [-0.4, -0.2) is 41.0 Å². The maximum absolute atomic E-state index is 5.57. The third kappa shape index (κ3) is 3.34. The molecule has 1 fully saturated rings. The van der Waals surface area contributed by atoms with Crippen LogP contribution in [0.15, 0.2) is 12.4 Å². The van der Waals surface area contributed by atoms with Crippen LogP contribution in [0.2, 0.25) is 0 Å². The fourth-order valence-electron chi connectivity index (χ4n) is 1.99. The molecular formula is C11H19N5. The molecule has 0 aliphatic carbocycles. The highest BCUT2D eigenvalue weighted by Crippen LogP contribution is 2.08. The second-order valence-corrected chi connectivity index (χ2v) is 4.16. The topological polar surface area (TPSA) is 67.1 Å². The summed E-state index contributed by atoms with van der Waals surface area (Å²) in [6.07, 6.45) is 5.53. The molecule has 0 radical (unpaired) electrons. The highest BCUT2D eigenvalue weighted by molar-refractivity contribution is 5.43. The van der Waals surface area contributed by atoms with Crippen molar-refractivity contribution in [1.29, 1.82) is 0 Å². The van der Waals surface area contributed by atoms with E-state index in [0.29, 0.717) is 5.82 Å². The molecule has 5 heteroatoms. The number of anilines is 2. The van der Waals surface area contributed by atoms with E-state index < -0.39 is 0 Å². The number of hydrogen-bond acceptors (Lipinski definition) is 5. The predicted octanol–water partition coefficient (Wildman–Crippen LogP) is 0.957. The normalized spacial score (nSPS) is 17.2. The smallest absolute Gasteiger partial charge is 0.131 e. The molecule has 2 heterocycles. The predicted molar refractivity (Wildman–Crippen MR) is 65.2 cm³/mol. The summed E-state index contributed by atoms with van der Waals surface area (Å²) in [5.41, 5.74) is 5.57. The molecule has 5 nitrogen and oxygen atoms in total. The van der Waals surface area contributed by atoms with Crippen molar-refractivity contribution in [2.45, 2.75) is 19.3 Å². The summed E-state index contributed by atoms with van der Waals surface area (Å²) >= 11 is 0. The average Bonchev–Trinajstić information content (AvgIpc) is 2.30. The van der Waals surface area contributed by atoms with Crippen LogP contribution in [0.1, 0.15) is 19.3 Å². The summed E-state index contributed by atoms with van der Waals surface area (Å²) in [5, 5.41) is 3.26. The van der Waals surface area contributed by atoms with E-state index in [9.17, 15) is 0 Å². The van der Waals surface area contributed by atoms with Gasteiger partial charge in [-0.1, -0.05) is 6.42 Å². The Labute approximate surface area is 96.1 Å². The quantitative estimate of drug-likeness (QED) is 0.792. The average molecular weight is 221 g/mol. The van der Waals surface area contributed by atoms with Gasteiger partial charge in [0.25, 0.3) is 0 Å². The zero-order valence-corrected chi connectivity index (χ0v) is 9.52. The maximum Gasteiger partial charge on any atom is 0.131 e. The van der Waals surface area contributed by atoms with Gasteiger partial charge in [-0.2, -0.15) is 0 Å². The number of likely N-dealkylation sites (tertiary alicyclic amines) is 1. The number of nitrogens with zero attached hydrogens (tertiary/aromatic N) is 3. The first-order valence-corrected chi connectivity index (χ1v) is 5.88. The lowest BCUT2D eigenvalue weighted by Gasteiger charge is -2.26. The molecule has 0 amide bonds. The standard InChI is InChI=1S/C11H19N5/c12-10-8-11(15-9-14-10)13-4-7-16-5-2-1-3-6-16/h8-9H,1-7H2,(H3,12,13,14,15). The lowest BCUT2D eigenvalue weighted by Crippen LogP contribution is -2.33. The van der Waals surface area contributed by atoms with Gasteiger partial charge >= 0.3 is 0 Å². The molecule has 0 saturated carbocycles. The Balaban J connectivity index is 1.71. The summed E-state index contributed by atoms with van der Waals surface area (Å²) in [4.78, 5) is 10.4. The van der Waals surface area contributed by atoms with Crippen molar-refractivity contribution >= 4 is 11.6 Å². The molecule has 0 bridgehead atoms. The van der Waals surface area contributed by atoms with Crippen molar-refractivity contribution in [1.82, 2.24) is 14.9 Å². The van der Waals surface area contributed by atoms with Crippen LogP contribution in [-0.2, 0) is 0 Å². The number of hydrogen-bond donors (Lipinski definition) is 2. The third-order valence-corrected chi connectivity index (χ3v) is 2.87. The Morgan fingerprint density at radius 2 is 2.06 bits per heavy atom. The van der Waals surface area contributed by atoms with Crippen LogP contribution >= 0.6 is 0 Å². The Kier molecular flexibility index (Phi) is 3.93. The summed E-state index contributed by atoms with van der Waals surface area (Å²) < 4.78 is 0. The van der Waals surface area contributed by atoms with Gasteiger partial charge in [0.15, 0.2) is 0 Å². The first-order valence-electron chi connectivity index (χ1n) is 5.88. The minimum atomic E-state index is 0.510. The van der Waals surface area contributed by atoms with Crippen LogP contribution in [0.25, 0.3) is 0 Å². The van der Waals surface area contributed by atoms with Gasteiger partial charge in [-0.25, -0.2) is 9.97 Å². The maximum atomic E-state index is 5.57. The largest absolute Gasteiger partial charge is 0.384 e. The van der Waals surface area contributed by atoms with Gasteiger partial charge in [-0.15, -0.1) is 0 Å². The lowest BCUT2D eigenvalue weighted by atomic mass is 10.1. The molecule has 1 aliphatic rings. The highest BCUT2D eigenvalue weighted by Gasteiger charge is 2.08. The Morgan fingerprint density at radius 1 is 1.25 bits per heavy atom. The molecule has 88 valence electrons. The zero-order valence-electron chi connectivity index (χ0n) is 9.52. The molecule has 2 rings (SSSR count). The molecule has 0 spiro atoms. The molecular weight excluding hydrogens is 202 g/mol. The van der Waals surface area contributed by atoms with Crippen molar-refractivity contribution in [3.63, 3.8) is 0 Å². The molecule has 1 aromatic rings. The van der Waals surface area contributed by atoms with E-state index in [4.69, 9.17) is 5.73 Å². The first kappa shape index (κ1) is 11.1. The highest BCUT2D eigenvalue weighted by atomic mass is 15.1. The summed E-state index contributed by atoms with van der Waals surface area (Å²) in [6.45, 7) is 4.45. The van der Waals surface area contributed by atoms with Crippen LogP contribution in [0.4, 0.5) is 11.6 Å². The van der Waals surface area contributed by atoms with Crippen molar-refractivity contribution in [2.24, 2.45) is 0 Å². The summed E-state index contributed by atoms with van der Waals surface area (Å²) in [7, 11) is 0. The molecule has 16 heavy (non-hydrogen) atoms. The van der Waals surface area contributed by atoms with Crippen molar-refractivity contribution in [3.8, 4) is 0 Å². The number of nitrogens with one attached hydrogen (secondary N) is 1. The van der Waals surface area contributed by atoms with Gasteiger partial charge in [0.1, 0.15) is 18.0 Å². The SMILES string of the molecule is Nc1cc(NCCN2CCCCC2)ncn1. The van der Waals surface area contributed by atoms with E-state index in [1.54, 1.807) is 6.07 Å². The zero-order chi connectivity index (χ0) is 11.2. The lowest BCUT2D eigenvalue weighted by molar-refractivity contribution is 0.237. The van der Waals surface area contributed by atoms with Gasteiger partial charge in [-0.3, -0.25) is 0 Å². The van der Waals surface area contributed by atoms with E-state index >= 15 is 0 Å². The van der Waals surface area contributed by atoms with E-state index in [0.717, 1.165) is 18.9 Å². The molecule has 0 atom stereocenters. The van der Waals surface area contributed by atoms with E-state index in [-0.39, 0.29) is 0 Å². The first-order chi connectivity index (χ1) is 7.84. The Hall–Kier alpha value is -1.36. The number of nitrogen functional groups attached to an aromatic ring is 1. The summed E-state index contributed by atoms with van der Waals surface area (Å²) in [5.74, 6) is 1.32. The fourth-order valence-corrected chi connectivity index (χ4v) is 1.99. The van der Waals surface area contributed by atoms with Gasteiger partial charge in [0, 0.05) is 19.2 Å². The monoisotopic (exact) mass is 221 g/mol. The third-order valence-electron chi connectivity index (χ3n) is 2.87. The summed E-state index contributed by atoms with van der Waals surface area (Å²) in [6, 6.07) is 1.76. The van der Waals surface area contributed by atoms with Crippen LogP contribution < -0.4 is 11.1 Å². The van der Waals surface area contributed by atoms with Gasteiger partial charge in [0.05, 0.1) is 0 Å². The van der Waals surface area contributed by atoms with Crippen LogP contribution in [0, 0.1) is 0 Å². The Bertz CT molecular complexity index is 322. The van der Waals surface area contributed by atoms with E-state index in [1.807, 2.05) is 0 Å². The van der Waals surface area contributed by atoms with E-state index in [2.05, 4.69) is 20.2 Å². The van der Waals surface area contributed by atoms with Gasteiger partial charge < -0.3 is 16.0 Å². The minimum Gasteiger partial charge on any atom is -0.384 e. The fraction of sp³-hybridized carbons (Fsp3) is 0.636. The number of piperidine rings is 1. The minimum absolute atomic E-state index is 0.510. The second kappa shape index (κ2) is 5.65. The molecule has 1 aliphatic heterocycles. The molecule has 0 aromatic carbocycles. The molecule has 3 N–H and O–H groups in total. The number of nitrogens with two attached hydrogens (primary N) is 1. The van der Waals surface area contributed by atoms with Crippen molar-refractivity contribution in [3.05, 3.63) is 12.4 Å². The molecule has 0 unspecified atom stereocenters. The van der Waals surface area contributed by atoms with Gasteiger partial charge in [0.2, 0.25) is 0 Å².